The number of hydrogen-bond donors (Lipinski definition) is 0. The van der Waals surface area contributed by atoms with Gasteiger partial charge in [-0.1, -0.05) is 13.0 Å². The number of aryl methyl sites for hydroxylation is 2. The van der Waals surface area contributed by atoms with Gasteiger partial charge in [-0.2, -0.15) is 0 Å². The van der Waals surface area contributed by atoms with Crippen molar-refractivity contribution < 1.29 is 13.9 Å². The maximum atomic E-state index is 12.9. The number of hydrogen-bond acceptors (Lipinski definition) is 5. The Labute approximate surface area is 169 Å². The average molecular weight is 392 g/mol. The van der Waals surface area contributed by atoms with Crippen molar-refractivity contribution in [2.45, 2.75) is 45.7 Å². The Bertz CT molecular complexity index is 1090. The van der Waals surface area contributed by atoms with E-state index in [1.165, 1.54) is 6.07 Å². The van der Waals surface area contributed by atoms with Gasteiger partial charge in [0.25, 0.3) is 5.91 Å². The molecule has 1 fully saturated rings. The number of fused-ring (bicyclic) bond motifs is 1. The lowest BCUT2D eigenvalue weighted by Gasteiger charge is -2.23. The molecule has 1 aliphatic carbocycles. The number of amides is 1. The number of carbonyl (C=O) groups is 1. The zero-order valence-electron chi connectivity index (χ0n) is 16.7. The molecule has 0 atom stereocenters. The van der Waals surface area contributed by atoms with Crippen molar-refractivity contribution in [1.29, 1.82) is 0 Å². The Morgan fingerprint density at radius 2 is 2.14 bits per heavy atom. The molecule has 0 spiro atoms. The van der Waals surface area contributed by atoms with Gasteiger partial charge in [0, 0.05) is 31.0 Å². The van der Waals surface area contributed by atoms with Crippen molar-refractivity contribution >= 4 is 16.9 Å². The summed E-state index contributed by atoms with van der Waals surface area (Å²) in [5.74, 6) is 0.521. The van der Waals surface area contributed by atoms with Crippen LogP contribution < -0.4 is 10.4 Å². The van der Waals surface area contributed by atoms with Crippen LogP contribution in [0.4, 0.5) is 0 Å². The lowest BCUT2D eigenvalue weighted by molar-refractivity contribution is -0.134. The van der Waals surface area contributed by atoms with Gasteiger partial charge in [-0.05, 0) is 61.1 Å². The van der Waals surface area contributed by atoms with Crippen LogP contribution in [-0.4, -0.2) is 28.4 Å². The van der Waals surface area contributed by atoms with Crippen LogP contribution in [0.2, 0.25) is 0 Å². The molecule has 1 aliphatic rings. The lowest BCUT2D eigenvalue weighted by Crippen LogP contribution is -2.36. The Balaban J connectivity index is 1.57. The zero-order chi connectivity index (χ0) is 20.4. The number of nitrogens with zero attached hydrogens (tertiary/aromatic N) is 2. The summed E-state index contributed by atoms with van der Waals surface area (Å²) in [7, 11) is 0. The molecule has 2 aromatic heterocycles. The Morgan fingerprint density at radius 3 is 2.83 bits per heavy atom. The Kier molecular flexibility index (Phi) is 5.34. The minimum Gasteiger partial charge on any atom is -0.483 e. The fourth-order valence-electron chi connectivity index (χ4n) is 3.58. The summed E-state index contributed by atoms with van der Waals surface area (Å²) in [5, 5.41) is 0.760. The molecule has 1 aromatic carbocycles. The summed E-state index contributed by atoms with van der Waals surface area (Å²) < 4.78 is 11.3. The minimum atomic E-state index is -0.377. The second-order valence-electron chi connectivity index (χ2n) is 7.48. The number of rotatable bonds is 7. The van der Waals surface area contributed by atoms with E-state index >= 15 is 0 Å². The molecule has 2 heterocycles. The molecule has 0 aliphatic heterocycles. The lowest BCUT2D eigenvalue weighted by atomic mass is 10.1. The summed E-state index contributed by atoms with van der Waals surface area (Å²) in [4.78, 5) is 30.8. The first-order chi connectivity index (χ1) is 14.0. The molecular weight excluding hydrogens is 368 g/mol. The van der Waals surface area contributed by atoms with E-state index in [1.807, 2.05) is 43.0 Å². The molecule has 0 N–H and O–H groups in total. The maximum Gasteiger partial charge on any atom is 0.336 e. The highest BCUT2D eigenvalue weighted by molar-refractivity contribution is 5.88. The summed E-state index contributed by atoms with van der Waals surface area (Å²) >= 11 is 0. The topological polar surface area (TPSA) is 72.6 Å². The number of carbonyl (C=O) groups excluding carboxylic acids is 1. The van der Waals surface area contributed by atoms with E-state index in [-0.39, 0.29) is 24.2 Å². The smallest absolute Gasteiger partial charge is 0.336 e. The van der Waals surface area contributed by atoms with Gasteiger partial charge < -0.3 is 14.1 Å². The number of aromatic nitrogens is 1. The third kappa shape index (κ3) is 4.31. The van der Waals surface area contributed by atoms with Crippen LogP contribution in [-0.2, 0) is 17.8 Å². The molecule has 4 rings (SSSR count). The van der Waals surface area contributed by atoms with Crippen LogP contribution in [0.5, 0.6) is 5.75 Å². The predicted molar refractivity (Wildman–Crippen MR) is 110 cm³/mol. The van der Waals surface area contributed by atoms with Crippen molar-refractivity contribution in [2.75, 3.05) is 6.61 Å². The molecule has 0 radical (unpaired) electrons. The summed E-state index contributed by atoms with van der Waals surface area (Å²) in [6.45, 7) is 4.36. The number of ether oxygens (including phenoxy) is 1. The van der Waals surface area contributed by atoms with E-state index in [0.29, 0.717) is 24.3 Å². The van der Waals surface area contributed by atoms with Crippen molar-refractivity contribution in [3.8, 4) is 5.75 Å². The molecule has 1 amide bonds. The van der Waals surface area contributed by atoms with Crippen molar-refractivity contribution in [3.05, 3.63) is 69.8 Å². The van der Waals surface area contributed by atoms with Gasteiger partial charge in [0.15, 0.2) is 6.61 Å². The molecule has 3 aromatic rings. The van der Waals surface area contributed by atoms with Crippen molar-refractivity contribution in [2.24, 2.45) is 0 Å². The SMILES string of the molecule is CCc1cc(=O)oc2cc(C)cc(OCC(=O)N(Cc3cccnc3)C3CC3)c12. The molecular formula is C23H24N2O4. The monoisotopic (exact) mass is 392 g/mol. The van der Waals surface area contributed by atoms with E-state index in [9.17, 15) is 9.59 Å². The standard InChI is InChI=1S/C23H24N2O4/c1-3-17-11-22(27)29-20-10-15(2)9-19(23(17)20)28-14-21(26)25(18-6-7-18)13-16-5-4-8-24-12-16/h4-5,8-12,18H,3,6-7,13-14H2,1-2H3. The van der Waals surface area contributed by atoms with Gasteiger partial charge in [0.2, 0.25) is 0 Å². The van der Waals surface area contributed by atoms with Gasteiger partial charge in [-0.25, -0.2) is 4.79 Å². The number of benzene rings is 1. The third-order valence-electron chi connectivity index (χ3n) is 5.15. The molecule has 6 heteroatoms. The zero-order valence-corrected chi connectivity index (χ0v) is 16.7. The van der Waals surface area contributed by atoms with Crippen LogP contribution in [0, 0.1) is 6.92 Å². The molecule has 0 saturated heterocycles. The first kappa shape index (κ1) is 19.2. The molecule has 6 nitrogen and oxygen atoms in total. The van der Waals surface area contributed by atoms with E-state index in [4.69, 9.17) is 9.15 Å². The van der Waals surface area contributed by atoms with Crippen molar-refractivity contribution in [1.82, 2.24) is 9.88 Å². The summed E-state index contributed by atoms with van der Waals surface area (Å²) in [5.41, 5.74) is 2.88. The van der Waals surface area contributed by atoms with Gasteiger partial charge >= 0.3 is 5.63 Å². The Morgan fingerprint density at radius 1 is 1.31 bits per heavy atom. The summed E-state index contributed by atoms with van der Waals surface area (Å²) in [6, 6.07) is 9.32. The molecule has 1 saturated carbocycles. The maximum absolute atomic E-state index is 12.9. The van der Waals surface area contributed by atoms with Crippen molar-refractivity contribution in [3.63, 3.8) is 0 Å². The highest BCUT2D eigenvalue weighted by atomic mass is 16.5. The van der Waals surface area contributed by atoms with E-state index in [1.54, 1.807) is 12.4 Å². The van der Waals surface area contributed by atoms with E-state index in [0.717, 1.165) is 34.9 Å². The van der Waals surface area contributed by atoms with Gasteiger partial charge in [0.05, 0.1) is 5.39 Å². The minimum absolute atomic E-state index is 0.0542. The fourth-order valence-corrected chi connectivity index (χ4v) is 3.58. The summed E-state index contributed by atoms with van der Waals surface area (Å²) in [6.07, 6.45) is 6.22. The van der Waals surface area contributed by atoms with Crippen LogP contribution in [0.1, 0.15) is 36.5 Å². The predicted octanol–water partition coefficient (Wildman–Crippen LogP) is 3.63. The second kappa shape index (κ2) is 8.07. The molecule has 0 unspecified atom stereocenters. The second-order valence-corrected chi connectivity index (χ2v) is 7.48. The molecule has 29 heavy (non-hydrogen) atoms. The fraction of sp³-hybridized carbons (Fsp3) is 0.348. The third-order valence-corrected chi connectivity index (χ3v) is 5.15. The normalized spacial score (nSPS) is 13.4. The largest absolute Gasteiger partial charge is 0.483 e. The van der Waals surface area contributed by atoms with Gasteiger partial charge in [0.1, 0.15) is 11.3 Å². The first-order valence-corrected chi connectivity index (χ1v) is 9.93. The van der Waals surface area contributed by atoms with Crippen LogP contribution in [0.25, 0.3) is 11.0 Å². The average Bonchev–Trinajstić information content (AvgIpc) is 3.54. The highest BCUT2D eigenvalue weighted by Crippen LogP contribution is 2.31. The number of pyridine rings is 1. The van der Waals surface area contributed by atoms with Gasteiger partial charge in [-0.15, -0.1) is 0 Å². The first-order valence-electron chi connectivity index (χ1n) is 9.93. The molecule has 150 valence electrons. The highest BCUT2D eigenvalue weighted by Gasteiger charge is 2.32. The van der Waals surface area contributed by atoms with Crippen LogP contribution in [0.15, 0.2) is 51.9 Å². The van der Waals surface area contributed by atoms with E-state index in [2.05, 4.69) is 4.98 Å². The molecule has 0 bridgehead atoms. The van der Waals surface area contributed by atoms with Crippen LogP contribution in [0.3, 0.4) is 0 Å². The van der Waals surface area contributed by atoms with E-state index < -0.39 is 0 Å². The Hall–Kier alpha value is -3.15. The van der Waals surface area contributed by atoms with Gasteiger partial charge in [-0.3, -0.25) is 9.78 Å². The van der Waals surface area contributed by atoms with Crippen LogP contribution >= 0.6 is 0 Å². The quantitative estimate of drug-likeness (QED) is 0.574.